The van der Waals surface area contributed by atoms with Crippen molar-refractivity contribution in [1.29, 1.82) is 0 Å². The van der Waals surface area contributed by atoms with Gasteiger partial charge in [-0.2, -0.15) is 0 Å². The maximum atomic E-state index is 14.5. The highest BCUT2D eigenvalue weighted by Gasteiger charge is 2.28. The number of unbranched alkanes of at least 4 members (excludes halogenated alkanes) is 18. The van der Waals surface area contributed by atoms with Crippen LogP contribution in [-0.4, -0.2) is 80.2 Å². The van der Waals surface area contributed by atoms with Crippen molar-refractivity contribution in [2.75, 3.05) is 78.0 Å². The summed E-state index contributed by atoms with van der Waals surface area (Å²) >= 11 is 0. The number of hydrogen-bond acceptors (Lipinski definition) is 18. The smallest absolute Gasteiger partial charge is 0.235 e. The Morgan fingerprint density at radius 2 is 0.542 bits per heavy atom. The van der Waals surface area contributed by atoms with E-state index in [-0.39, 0.29) is 108 Å². The van der Waals surface area contributed by atoms with Crippen molar-refractivity contribution in [2.24, 2.45) is 0 Å². The summed E-state index contributed by atoms with van der Waals surface area (Å²) in [6, 6.07) is 8.93. The summed E-state index contributed by atoms with van der Waals surface area (Å²) in [7, 11) is 0. The highest BCUT2D eigenvalue weighted by atomic mass is 16.5. The van der Waals surface area contributed by atoms with Gasteiger partial charge in [-0.3, -0.25) is 24.0 Å². The number of aliphatic hydroxyl groups is 1. The van der Waals surface area contributed by atoms with Gasteiger partial charge in [-0.15, -0.1) is 0 Å². The van der Waals surface area contributed by atoms with E-state index >= 15 is 0 Å². The minimum Gasteiger partial charge on any atom is -0.504 e. The second-order valence-corrected chi connectivity index (χ2v) is 24.0. The Morgan fingerprint density at radius 1 is 0.323 bits per heavy atom. The van der Waals surface area contributed by atoms with E-state index < -0.39 is 105 Å². The number of Topliss-reactive ketones (excluding diaryl/α,β-unsaturated/α-hetero) is 5. The molecule has 10 rings (SSSR count). The van der Waals surface area contributed by atoms with Crippen molar-refractivity contribution in [3.63, 3.8) is 0 Å². The van der Waals surface area contributed by atoms with Crippen LogP contribution in [0.2, 0.25) is 0 Å². The third-order valence-corrected chi connectivity index (χ3v) is 16.1. The number of aliphatic hydroxyl groups excluding tert-OH is 1. The van der Waals surface area contributed by atoms with Crippen LogP contribution in [0, 0.1) is 0 Å². The molecule has 7 aliphatic rings. The molecule has 7 N–H and O–H groups in total. The Kier molecular flexibility index (Phi) is 27.6. The maximum Gasteiger partial charge on any atom is 0.235 e. The molecular formula is C78H104N6O12. The number of fused-ring (bicyclic) bond motifs is 3. The summed E-state index contributed by atoms with van der Waals surface area (Å²) in [6.45, 7) is 11.3. The average Bonchev–Trinajstić information content (AvgIpc) is 0.783. The van der Waals surface area contributed by atoms with Gasteiger partial charge in [0.15, 0.2) is 40.3 Å². The Balaban J connectivity index is 1.45. The largest absolute Gasteiger partial charge is 0.504 e. The number of hydrogen-bond donors (Lipinski definition) is 7. The molecule has 4 aliphatic heterocycles. The zero-order valence-corrected chi connectivity index (χ0v) is 57.1. The van der Waals surface area contributed by atoms with Crippen molar-refractivity contribution in [1.82, 2.24) is 0 Å². The van der Waals surface area contributed by atoms with E-state index in [1.807, 2.05) is 0 Å². The lowest BCUT2D eigenvalue weighted by Crippen LogP contribution is -2.22. The molecule has 18 heteroatoms. The minimum absolute atomic E-state index is 0.0251. The molecule has 18 nitrogen and oxygen atoms in total. The molecule has 0 atom stereocenters. The van der Waals surface area contributed by atoms with Gasteiger partial charge >= 0.3 is 0 Å². The van der Waals surface area contributed by atoms with Crippen LogP contribution in [0.15, 0.2) is 143 Å². The van der Waals surface area contributed by atoms with E-state index in [0.29, 0.717) is 38.5 Å². The van der Waals surface area contributed by atoms with E-state index in [2.05, 4.69) is 73.4 Å². The lowest BCUT2D eigenvalue weighted by Gasteiger charge is -2.20. The number of carbonyl (C=O) groups is 5. The lowest BCUT2D eigenvalue weighted by molar-refractivity contribution is -0.131. The Hall–Kier alpha value is -8.93. The molecule has 518 valence electrons. The maximum absolute atomic E-state index is 14.5. The van der Waals surface area contributed by atoms with Gasteiger partial charge in [0.1, 0.15) is 0 Å². The number of nitrogens with one attached hydrogen (secondary N) is 6. The molecule has 4 heterocycles. The number of anilines is 6. The number of carbonyl (C=O) groups excluding carboxylic acids is 5. The van der Waals surface area contributed by atoms with Gasteiger partial charge in [-0.1, -0.05) is 163 Å². The first-order valence-electron chi connectivity index (χ1n) is 38.4. The second kappa shape index (κ2) is 41.1. The lowest BCUT2D eigenvalue weighted by atomic mass is 9.95. The first-order valence-corrected chi connectivity index (χ1v) is 34.9. The molecular weight excluding hydrogens is 1210 g/mol. The van der Waals surface area contributed by atoms with Crippen LogP contribution in [0.25, 0.3) is 0 Å². The van der Waals surface area contributed by atoms with Gasteiger partial charge in [-0.05, 0) is 68.9 Å². The fourth-order valence-electron chi connectivity index (χ4n) is 10.3. The van der Waals surface area contributed by atoms with E-state index in [1.165, 1.54) is 60.7 Å². The Bertz CT molecular complexity index is 3810. The summed E-state index contributed by atoms with van der Waals surface area (Å²) in [5.41, 5.74) is -2.69. The van der Waals surface area contributed by atoms with Crippen molar-refractivity contribution in [3.8, 4) is 34.5 Å². The molecule has 0 radical (unpaired) electrons. The molecule has 3 aliphatic carbocycles. The molecule has 3 aromatic rings. The predicted molar refractivity (Wildman–Crippen MR) is 386 cm³/mol. The summed E-state index contributed by atoms with van der Waals surface area (Å²) in [5.74, 6) is -5.57. The molecule has 0 unspecified atom stereocenters. The highest BCUT2D eigenvalue weighted by molar-refractivity contribution is 6.52. The van der Waals surface area contributed by atoms with Crippen LogP contribution in [0.3, 0.4) is 0 Å². The van der Waals surface area contributed by atoms with Crippen LogP contribution in [0.1, 0.15) is 205 Å². The molecule has 0 spiro atoms. The van der Waals surface area contributed by atoms with Crippen LogP contribution in [0.5, 0.6) is 34.5 Å². The average molecular weight is 1320 g/mol. The number of ether oxygens (including phenoxy) is 6. The van der Waals surface area contributed by atoms with Gasteiger partial charge < -0.3 is 65.4 Å². The number of benzene rings is 3. The van der Waals surface area contributed by atoms with Crippen molar-refractivity contribution in [3.05, 3.63) is 143 Å². The topological polar surface area (TPSA) is 233 Å². The normalized spacial score (nSPS) is 20.7. The van der Waals surface area contributed by atoms with Gasteiger partial charge in [0, 0.05) is 107 Å². The number of allylic oxidation sites excluding steroid dienone is 10. The molecule has 0 amide bonds. The first kappa shape index (κ1) is 64.4. The summed E-state index contributed by atoms with van der Waals surface area (Å²) < 4.78 is 104. The standard InChI is InChI=1S/C78H104N6O12/c1-7-13-19-25-37-91-67-43-61-62(44-68(67)92-38-26-20-14-8-2)80-50-56-33-34-58(76(88)74(56)86)52-82-65-47-71(95-41-29-23-17-11-5)72(96-42-30-24-18-12-6)48-66(65)84-54-60-36-35-59(77(89)78(60)90)53-83-64-46-70(94-40-28-22-16-10-4)69(93-39-27-21-15-9-3)45-63(64)81-51-57-32-31-55(49-79-61)73(85)75(57)87/h31-36,43-53,79-84,90H,7-30,37-42,54H2,1-6H3/b55-49-,56-50-,57-51-,58-52-,59-53-/i49D,50D,51D,52D,53D,54D2. The number of rotatable bonds is 36. The van der Waals surface area contributed by atoms with Gasteiger partial charge in [0.05, 0.1) is 83.4 Å². The highest BCUT2D eigenvalue weighted by Crippen LogP contribution is 2.42. The van der Waals surface area contributed by atoms with Crippen molar-refractivity contribution >= 4 is 63.0 Å². The minimum atomic E-state index is -2.84. The fourth-order valence-corrected chi connectivity index (χ4v) is 10.3. The monoisotopic (exact) mass is 1320 g/mol. The first-order chi connectivity index (χ1) is 49.7. The quantitative estimate of drug-likeness (QED) is 0.0212. The van der Waals surface area contributed by atoms with E-state index in [4.69, 9.17) is 28.4 Å². The third kappa shape index (κ3) is 22.9. The molecule has 96 heavy (non-hydrogen) atoms. The van der Waals surface area contributed by atoms with Crippen molar-refractivity contribution < 1.29 is 67.1 Å². The van der Waals surface area contributed by atoms with Crippen LogP contribution < -0.4 is 60.3 Å². The summed E-state index contributed by atoms with van der Waals surface area (Å²) in [6.07, 6.45) is 25.2. The van der Waals surface area contributed by atoms with Gasteiger partial charge in [0.25, 0.3) is 0 Å². The van der Waals surface area contributed by atoms with Crippen LogP contribution in [-0.2, 0) is 24.0 Å². The molecule has 0 fully saturated rings. The predicted octanol–water partition coefficient (Wildman–Crippen LogP) is 18.1. The third-order valence-electron chi connectivity index (χ3n) is 16.1. The number of ketones is 5. The van der Waals surface area contributed by atoms with Crippen LogP contribution >= 0.6 is 0 Å². The van der Waals surface area contributed by atoms with E-state index in [0.717, 1.165) is 128 Å². The van der Waals surface area contributed by atoms with Gasteiger partial charge in [-0.25, -0.2) is 0 Å². The Morgan fingerprint density at radius 3 is 0.792 bits per heavy atom. The Labute approximate surface area is 579 Å². The summed E-state index contributed by atoms with van der Waals surface area (Å²) in [4.78, 5) is 72.1. The molecule has 0 saturated heterocycles. The van der Waals surface area contributed by atoms with Crippen molar-refractivity contribution in [2.45, 2.75) is 196 Å². The second-order valence-electron chi connectivity index (χ2n) is 24.0. The molecule has 0 aromatic heterocycles. The van der Waals surface area contributed by atoms with E-state index in [9.17, 15) is 38.7 Å². The fraction of sp³-hybridized carbons (Fsp3) is 0.474. The zero-order chi connectivity index (χ0) is 74.4. The molecule has 0 saturated carbocycles. The zero-order valence-electron chi connectivity index (χ0n) is 64.1. The molecule has 6 bridgehead atoms. The SMILES string of the molecule is [2H]/C1=C2C=C/C(=C(\[2H])Nc3cc(OCCCCCC)c(OCCCCCC)cc3N/C([2H])=C3/C=CC(=C(O)C3=O)C([2H])([2H])Nc3cc(OCCCCCC)c(OCCCCCC)cc3N/C([2H])=C3C=C/C(=C(\[2H])Nc4cc(OCCCCCC)c(OCCCCCC)cc4N1)C(=O)C/3=O)C(=O)C\2=O. The van der Waals surface area contributed by atoms with E-state index in [1.54, 1.807) is 0 Å². The van der Waals surface area contributed by atoms with Gasteiger partial charge in [0.2, 0.25) is 28.9 Å². The van der Waals surface area contributed by atoms with Crippen LogP contribution in [0.4, 0.5) is 34.1 Å². The summed E-state index contributed by atoms with van der Waals surface area (Å²) in [5, 5.41) is 29.2. The molecule has 3 aromatic carbocycles.